The normalized spacial score (nSPS) is 14.5. The van der Waals surface area contributed by atoms with E-state index in [9.17, 15) is 9.59 Å². The van der Waals surface area contributed by atoms with E-state index in [0.717, 1.165) is 18.8 Å². The largest absolute Gasteiger partial charge is 0.378 e. The van der Waals surface area contributed by atoms with Crippen molar-refractivity contribution in [3.63, 3.8) is 0 Å². The third-order valence-electron chi connectivity index (χ3n) is 3.93. The molecule has 0 radical (unpaired) electrons. The van der Waals surface area contributed by atoms with E-state index in [1.807, 2.05) is 6.07 Å². The number of aromatic nitrogens is 1. The predicted molar refractivity (Wildman–Crippen MR) is 94.1 cm³/mol. The zero-order chi connectivity index (χ0) is 17.1. The molecule has 1 fully saturated rings. The first-order valence-corrected chi connectivity index (χ1v) is 8.03. The minimum Gasteiger partial charge on any atom is -0.378 e. The average molecular weight is 348 g/mol. The van der Waals surface area contributed by atoms with Crippen LogP contribution < -0.4 is 15.8 Å². The lowest BCUT2D eigenvalue weighted by molar-refractivity contribution is 0.102. The number of ether oxygens (including phenoxy) is 1. The molecule has 2 heterocycles. The van der Waals surface area contributed by atoms with Crippen molar-refractivity contribution in [2.24, 2.45) is 7.05 Å². The van der Waals surface area contributed by atoms with Gasteiger partial charge >= 0.3 is 0 Å². The molecule has 0 saturated carbocycles. The Labute approximate surface area is 144 Å². The molecule has 1 aromatic carbocycles. The Hall–Kier alpha value is -2.31. The number of pyridine rings is 1. The summed E-state index contributed by atoms with van der Waals surface area (Å²) in [7, 11) is 1.64. The molecular weight excluding hydrogens is 330 g/mol. The SMILES string of the molecule is Cn1ccc(C(=O)Nc2cc(Cl)ccc2N2CCOCC2)cc1=O. The fraction of sp³-hybridized carbons (Fsp3) is 0.294. The summed E-state index contributed by atoms with van der Waals surface area (Å²) in [6, 6.07) is 8.31. The molecule has 1 aromatic heterocycles. The number of amides is 1. The number of carbonyl (C=O) groups is 1. The van der Waals surface area contributed by atoms with Gasteiger partial charge in [0.05, 0.1) is 24.6 Å². The van der Waals surface area contributed by atoms with Crippen molar-refractivity contribution in [1.82, 2.24) is 4.57 Å². The van der Waals surface area contributed by atoms with E-state index in [2.05, 4.69) is 10.2 Å². The second-order valence-corrected chi connectivity index (χ2v) is 6.02. The highest BCUT2D eigenvalue weighted by Crippen LogP contribution is 2.30. The van der Waals surface area contributed by atoms with Crippen LogP contribution in [-0.4, -0.2) is 36.8 Å². The fourth-order valence-electron chi connectivity index (χ4n) is 2.57. The van der Waals surface area contributed by atoms with Crippen LogP contribution >= 0.6 is 11.6 Å². The third kappa shape index (κ3) is 3.60. The Kier molecular flexibility index (Phi) is 4.87. The van der Waals surface area contributed by atoms with Crippen molar-refractivity contribution in [3.05, 3.63) is 57.5 Å². The highest BCUT2D eigenvalue weighted by molar-refractivity contribution is 6.31. The molecule has 1 aliphatic heterocycles. The first-order valence-electron chi connectivity index (χ1n) is 7.65. The molecular formula is C17H18ClN3O3. The lowest BCUT2D eigenvalue weighted by Crippen LogP contribution is -2.36. The standard InChI is InChI=1S/C17H18ClN3O3/c1-20-5-4-12(10-16(20)22)17(23)19-14-11-13(18)2-3-15(14)21-6-8-24-9-7-21/h2-5,10-11H,6-9H2,1H3,(H,19,23). The molecule has 0 atom stereocenters. The fourth-order valence-corrected chi connectivity index (χ4v) is 2.74. The van der Waals surface area contributed by atoms with Gasteiger partial charge in [-0.3, -0.25) is 9.59 Å². The topological polar surface area (TPSA) is 63.6 Å². The number of aryl methyl sites for hydroxylation is 1. The van der Waals surface area contributed by atoms with Crippen LogP contribution in [0.5, 0.6) is 0 Å². The summed E-state index contributed by atoms with van der Waals surface area (Å²) < 4.78 is 6.78. The smallest absolute Gasteiger partial charge is 0.255 e. The van der Waals surface area contributed by atoms with Gasteiger partial charge in [-0.15, -0.1) is 0 Å². The molecule has 2 aromatic rings. The summed E-state index contributed by atoms with van der Waals surface area (Å²) >= 11 is 6.08. The van der Waals surface area contributed by atoms with Crippen LogP contribution in [0.2, 0.25) is 5.02 Å². The van der Waals surface area contributed by atoms with Gasteiger partial charge in [0.2, 0.25) is 0 Å². The Bertz CT molecular complexity index is 813. The lowest BCUT2D eigenvalue weighted by Gasteiger charge is -2.30. The van der Waals surface area contributed by atoms with Crippen LogP contribution in [0, 0.1) is 0 Å². The van der Waals surface area contributed by atoms with Crippen molar-refractivity contribution in [2.75, 3.05) is 36.5 Å². The van der Waals surface area contributed by atoms with Gasteiger partial charge < -0.3 is 19.5 Å². The molecule has 126 valence electrons. The van der Waals surface area contributed by atoms with E-state index in [1.165, 1.54) is 10.6 Å². The Morgan fingerprint density at radius 3 is 2.67 bits per heavy atom. The number of nitrogens with one attached hydrogen (secondary N) is 1. The first-order chi connectivity index (χ1) is 11.5. The van der Waals surface area contributed by atoms with Crippen LogP contribution in [0.15, 0.2) is 41.3 Å². The predicted octanol–water partition coefficient (Wildman–Crippen LogP) is 2.13. The van der Waals surface area contributed by atoms with Gasteiger partial charge in [0.1, 0.15) is 0 Å². The number of anilines is 2. The summed E-state index contributed by atoms with van der Waals surface area (Å²) in [6.07, 6.45) is 1.57. The average Bonchev–Trinajstić information content (AvgIpc) is 2.58. The Balaban J connectivity index is 1.87. The molecule has 0 aliphatic carbocycles. The van der Waals surface area contributed by atoms with Crippen molar-refractivity contribution in [3.8, 4) is 0 Å². The second-order valence-electron chi connectivity index (χ2n) is 5.58. The van der Waals surface area contributed by atoms with E-state index in [0.29, 0.717) is 29.5 Å². The third-order valence-corrected chi connectivity index (χ3v) is 4.16. The second kappa shape index (κ2) is 7.07. The number of morpholine rings is 1. The molecule has 0 unspecified atom stereocenters. The number of carbonyl (C=O) groups excluding carboxylic acids is 1. The molecule has 1 amide bonds. The molecule has 0 spiro atoms. The summed E-state index contributed by atoms with van der Waals surface area (Å²) in [4.78, 5) is 26.3. The van der Waals surface area contributed by atoms with E-state index in [-0.39, 0.29) is 11.5 Å². The van der Waals surface area contributed by atoms with E-state index in [1.54, 1.807) is 31.4 Å². The zero-order valence-corrected chi connectivity index (χ0v) is 14.0. The van der Waals surface area contributed by atoms with Gasteiger partial charge in [0, 0.05) is 43.0 Å². The Morgan fingerprint density at radius 1 is 1.21 bits per heavy atom. The zero-order valence-electron chi connectivity index (χ0n) is 13.3. The number of rotatable bonds is 3. The lowest BCUT2D eigenvalue weighted by atomic mass is 10.2. The van der Waals surface area contributed by atoms with Crippen molar-refractivity contribution in [1.29, 1.82) is 0 Å². The van der Waals surface area contributed by atoms with E-state index >= 15 is 0 Å². The summed E-state index contributed by atoms with van der Waals surface area (Å²) in [6.45, 7) is 2.78. The van der Waals surface area contributed by atoms with Gasteiger partial charge in [0.25, 0.3) is 11.5 Å². The van der Waals surface area contributed by atoms with E-state index in [4.69, 9.17) is 16.3 Å². The highest BCUT2D eigenvalue weighted by Gasteiger charge is 2.17. The van der Waals surface area contributed by atoms with Crippen LogP contribution in [0.1, 0.15) is 10.4 Å². The number of benzene rings is 1. The maximum Gasteiger partial charge on any atom is 0.255 e. The van der Waals surface area contributed by atoms with Crippen molar-refractivity contribution < 1.29 is 9.53 Å². The highest BCUT2D eigenvalue weighted by atomic mass is 35.5. The molecule has 1 N–H and O–H groups in total. The molecule has 1 aliphatic rings. The van der Waals surface area contributed by atoms with Crippen molar-refractivity contribution in [2.45, 2.75) is 0 Å². The van der Waals surface area contributed by atoms with Crippen LogP contribution in [0.3, 0.4) is 0 Å². The number of nitrogens with zero attached hydrogens (tertiary/aromatic N) is 2. The maximum atomic E-state index is 12.5. The number of hydrogen-bond acceptors (Lipinski definition) is 4. The Morgan fingerprint density at radius 2 is 1.96 bits per heavy atom. The quantitative estimate of drug-likeness (QED) is 0.923. The van der Waals surface area contributed by atoms with Gasteiger partial charge in [-0.1, -0.05) is 11.6 Å². The first kappa shape index (κ1) is 16.5. The summed E-state index contributed by atoms with van der Waals surface area (Å²) in [5.74, 6) is -0.343. The van der Waals surface area contributed by atoms with Gasteiger partial charge in [-0.2, -0.15) is 0 Å². The van der Waals surface area contributed by atoms with Crippen molar-refractivity contribution >= 4 is 28.9 Å². The maximum absolute atomic E-state index is 12.5. The van der Waals surface area contributed by atoms with Gasteiger partial charge in [0.15, 0.2) is 0 Å². The van der Waals surface area contributed by atoms with E-state index < -0.39 is 0 Å². The summed E-state index contributed by atoms with van der Waals surface area (Å²) in [5.41, 5.74) is 1.59. The molecule has 0 bridgehead atoms. The van der Waals surface area contributed by atoms with Crippen LogP contribution in [-0.2, 0) is 11.8 Å². The van der Waals surface area contributed by atoms with Crippen LogP contribution in [0.4, 0.5) is 11.4 Å². The van der Waals surface area contributed by atoms with Gasteiger partial charge in [-0.25, -0.2) is 0 Å². The van der Waals surface area contributed by atoms with Crippen LogP contribution in [0.25, 0.3) is 0 Å². The number of hydrogen-bond donors (Lipinski definition) is 1. The monoisotopic (exact) mass is 347 g/mol. The molecule has 7 heteroatoms. The molecule has 1 saturated heterocycles. The molecule has 3 rings (SSSR count). The minimum atomic E-state index is -0.343. The number of halogens is 1. The summed E-state index contributed by atoms with van der Waals surface area (Å²) in [5, 5.41) is 3.39. The molecule has 24 heavy (non-hydrogen) atoms. The molecule has 6 nitrogen and oxygen atoms in total. The van der Waals surface area contributed by atoms with Gasteiger partial charge in [-0.05, 0) is 24.3 Å². The minimum absolute atomic E-state index is 0.234.